The molecule has 3 saturated heterocycles. The summed E-state index contributed by atoms with van der Waals surface area (Å²) in [6.07, 6.45) is -17.4. The maximum absolute atomic E-state index is 14.5. The van der Waals surface area contributed by atoms with E-state index in [1.807, 2.05) is 24.3 Å². The highest BCUT2D eigenvalue weighted by Gasteiger charge is 2.42. The summed E-state index contributed by atoms with van der Waals surface area (Å²) >= 11 is 17.5. The molecule has 0 bridgehead atoms. The number of rotatable bonds is 10. The summed E-state index contributed by atoms with van der Waals surface area (Å²) in [4.78, 5) is 134. The number of nitrogens with one attached hydrogen (secondary N) is 5. The van der Waals surface area contributed by atoms with Gasteiger partial charge in [0.05, 0.1) is 61.9 Å². The van der Waals surface area contributed by atoms with Gasteiger partial charge >= 0.3 is 72.9 Å². The van der Waals surface area contributed by atoms with E-state index >= 15 is 0 Å². The lowest BCUT2D eigenvalue weighted by molar-refractivity contribution is -0.193. The second kappa shape index (κ2) is 47.1. The number of fused-ring (bicyclic) bond motifs is 2. The number of hydrogen-bond acceptors (Lipinski definition) is 22. The molecule has 128 heavy (non-hydrogen) atoms. The van der Waals surface area contributed by atoms with Gasteiger partial charge in [-0.25, -0.2) is 61.9 Å². The van der Waals surface area contributed by atoms with Gasteiger partial charge < -0.3 is 62.1 Å². The number of alkyl halides is 18. The molecule has 10 aromatic rings. The molecule has 3 aliphatic heterocycles. The van der Waals surface area contributed by atoms with Gasteiger partial charge in [0.25, 0.3) is 17.7 Å². The number of hydrogen-bond donors (Lipinski definition) is 11. The van der Waals surface area contributed by atoms with Crippen LogP contribution in [-0.2, 0) is 28.8 Å². The predicted octanol–water partition coefficient (Wildman–Crippen LogP) is 13.2. The molecule has 688 valence electrons. The number of benzene rings is 5. The summed E-state index contributed by atoms with van der Waals surface area (Å²) in [5.74, 6) is -18.3. The number of carbonyl (C=O) groups excluding carboxylic acids is 3. The molecule has 0 aliphatic carbocycles. The first-order chi connectivity index (χ1) is 59.3. The molecule has 0 atom stereocenters. The van der Waals surface area contributed by atoms with Crippen molar-refractivity contribution in [2.24, 2.45) is 0 Å². The van der Waals surface area contributed by atoms with Crippen molar-refractivity contribution in [3.8, 4) is 33.8 Å². The van der Waals surface area contributed by atoms with Crippen LogP contribution in [0.15, 0.2) is 141 Å². The smallest absolute Gasteiger partial charge is 0.475 e. The molecular formula is C73H58Cl3F21N16O15. The normalized spacial score (nSPS) is 12.9. The molecule has 3 amide bonds. The largest absolute Gasteiger partial charge is 0.490 e. The maximum Gasteiger partial charge on any atom is 0.490 e. The minimum atomic E-state index is -5.08. The summed E-state index contributed by atoms with van der Waals surface area (Å²) in [6, 6.07) is 24.4. The van der Waals surface area contributed by atoms with Gasteiger partial charge in [-0.1, -0.05) is 41.4 Å². The van der Waals surface area contributed by atoms with Crippen molar-refractivity contribution in [3.05, 3.63) is 207 Å². The fourth-order valence-corrected chi connectivity index (χ4v) is 9.92. The molecule has 31 nitrogen and oxygen atoms in total. The Bertz CT molecular complexity index is 5240. The van der Waals surface area contributed by atoms with Crippen LogP contribution in [-0.4, -0.2) is 231 Å². The number of carboxylic acid groups (broad SMARTS) is 6. The Morgan fingerprint density at radius 2 is 0.617 bits per heavy atom. The molecule has 0 radical (unpaired) electrons. The number of carbonyl (C=O) groups is 9. The monoisotopic (exact) mass is 1900 g/mol. The van der Waals surface area contributed by atoms with Gasteiger partial charge in [0.15, 0.2) is 0 Å². The molecule has 3 fully saturated rings. The first-order valence-corrected chi connectivity index (χ1v) is 35.5. The Morgan fingerprint density at radius 3 is 0.867 bits per heavy atom. The average molecular weight is 1900 g/mol. The molecule has 13 rings (SSSR count). The van der Waals surface area contributed by atoms with E-state index in [1.54, 1.807) is 79.9 Å². The van der Waals surface area contributed by atoms with Crippen LogP contribution < -0.4 is 31.5 Å². The highest BCUT2D eigenvalue weighted by molar-refractivity contribution is 6.32. The topological polar surface area (TPSA) is 467 Å². The van der Waals surface area contributed by atoms with Crippen LogP contribution in [0.25, 0.3) is 55.6 Å². The van der Waals surface area contributed by atoms with E-state index < -0.39 is 108 Å². The van der Waals surface area contributed by atoms with Gasteiger partial charge in [0, 0.05) is 165 Å². The van der Waals surface area contributed by atoms with Crippen LogP contribution >= 0.6 is 34.8 Å². The zero-order valence-corrected chi connectivity index (χ0v) is 66.4. The molecule has 11 N–H and O–H groups in total. The van der Waals surface area contributed by atoms with E-state index in [-0.39, 0.29) is 27.9 Å². The Kier molecular flexibility index (Phi) is 39.2. The van der Waals surface area contributed by atoms with E-state index in [0.29, 0.717) is 74.7 Å². The minimum absolute atomic E-state index is 0.00920. The molecule has 0 saturated carbocycles. The summed E-state index contributed by atoms with van der Waals surface area (Å²) in [6.45, 7) is 4.73. The lowest BCUT2D eigenvalue weighted by atomic mass is 9.92. The fraction of sp³-hybridized carbons (Fsp3) is 0.247. The zero-order chi connectivity index (χ0) is 96.9. The molecule has 55 heteroatoms. The third kappa shape index (κ3) is 33.4. The average Bonchev–Trinajstić information content (AvgIpc) is 0.779. The van der Waals surface area contributed by atoms with E-state index in [0.717, 1.165) is 65.1 Å². The summed E-state index contributed by atoms with van der Waals surface area (Å²) in [5, 5.41) is 59.8. The maximum atomic E-state index is 14.5. The molecule has 3 aliphatic rings. The number of nitrogens with zero attached hydrogens (tertiary/aromatic N) is 11. The number of anilines is 1. The Labute approximate surface area is 716 Å². The predicted molar refractivity (Wildman–Crippen MR) is 405 cm³/mol. The molecular weight excluding hydrogens is 1850 g/mol. The number of aliphatic carboxylic acids is 6. The number of aromatic nitrogens is 10. The van der Waals surface area contributed by atoms with Crippen molar-refractivity contribution in [2.75, 3.05) is 65.3 Å². The van der Waals surface area contributed by atoms with E-state index in [1.165, 1.54) is 57.5 Å². The number of carboxylic acids is 6. The van der Waals surface area contributed by atoms with Gasteiger partial charge in [-0.15, -0.1) is 0 Å². The fourth-order valence-electron chi connectivity index (χ4n) is 9.45. The van der Waals surface area contributed by atoms with Gasteiger partial charge in [-0.2, -0.15) is 79.0 Å². The Balaban J connectivity index is 0.000000318. The molecule has 0 unspecified atom stereocenters. The molecule has 5 aromatic heterocycles. The van der Waals surface area contributed by atoms with Crippen LogP contribution in [0.1, 0.15) is 65.9 Å². The van der Waals surface area contributed by atoms with Crippen LogP contribution in [0.5, 0.6) is 0 Å². The molecule has 8 heterocycles. The third-order valence-electron chi connectivity index (χ3n) is 15.7. The van der Waals surface area contributed by atoms with Crippen molar-refractivity contribution < 1.29 is 166 Å². The van der Waals surface area contributed by atoms with Crippen LogP contribution in [0.4, 0.5) is 98.1 Å². The van der Waals surface area contributed by atoms with E-state index in [4.69, 9.17) is 94.2 Å². The SMILES string of the molecule is CNC(=O)c1ccc(-c2nccnc2C2CN(c3ncc4ccc(Cl)cc4n3)C2)cc1F.CNC(=O)c1ccc(-c2nccnc2C2CNC2)cc1F.CNC(=O)c1ccc(-c2nccnc2C2CNC2)cc1F.Clc1ccc2cnc(Cl)nc2c1.O=C(O)C(F)(F)F.O=C(O)C(F)(F)F.O=C(O)C(F)(F)F.O=C(O)C(F)(F)F.O=C(O)C(F)(F)F.O=C(O)C(F)(F)F. The molecule has 5 aromatic carbocycles. The standard InChI is InChI=1S/C23H18ClFN6O.2C15H15FN4O.C8H4Cl2N2.6C2HF3O2/c1-26-22(32)17-5-3-13(8-18(17)25)20-21(28-7-6-27-20)15-11-31(12-15)23-29-10-14-2-4-16(24)9-19(14)30-23;2*1-17-15(21)11-3-2-9(6-12(11)16)13-14(10-7-18-8-10)20-5-4-19-13;9-6-2-1-5-4-11-8(10)12-7(5)3-6;6*3-2(4,5)1(6)7/h2-10,15H,11-12H2,1H3,(H,26,32);2*2-6,10,18H,7-8H2,1H3,(H,17,21);1-4H;6*(H,6,7). The van der Waals surface area contributed by atoms with Gasteiger partial charge in [0.1, 0.15) is 17.5 Å². The van der Waals surface area contributed by atoms with Gasteiger partial charge in [-0.3, -0.25) is 44.3 Å². The quantitative estimate of drug-likeness (QED) is 0.0447. The van der Waals surface area contributed by atoms with E-state index in [9.17, 15) is 107 Å². The number of amides is 3. The van der Waals surface area contributed by atoms with Crippen molar-refractivity contribution in [2.45, 2.75) is 54.8 Å². The summed E-state index contributed by atoms with van der Waals surface area (Å²) < 4.78 is 233. The highest BCUT2D eigenvalue weighted by atomic mass is 35.5. The Hall–Kier alpha value is -13.6. The van der Waals surface area contributed by atoms with Crippen LogP contribution in [0, 0.1) is 17.5 Å². The van der Waals surface area contributed by atoms with Gasteiger partial charge in [-0.05, 0) is 84.4 Å². The van der Waals surface area contributed by atoms with Crippen molar-refractivity contribution in [3.63, 3.8) is 0 Å². The van der Waals surface area contributed by atoms with E-state index in [2.05, 4.69) is 81.3 Å². The number of halogens is 24. The first-order valence-electron chi connectivity index (χ1n) is 34.3. The minimum Gasteiger partial charge on any atom is -0.475 e. The second-order valence-corrected chi connectivity index (χ2v) is 25.7. The van der Waals surface area contributed by atoms with Gasteiger partial charge in [0.2, 0.25) is 11.2 Å². The van der Waals surface area contributed by atoms with Crippen LogP contribution in [0.3, 0.4) is 0 Å². The first kappa shape index (κ1) is 107. The second-order valence-electron chi connectivity index (χ2n) is 24.5. The van der Waals surface area contributed by atoms with Crippen molar-refractivity contribution in [1.82, 2.24) is 76.4 Å². The zero-order valence-electron chi connectivity index (χ0n) is 64.1. The summed E-state index contributed by atoms with van der Waals surface area (Å²) in [5.41, 5.74) is 7.90. The molecule has 0 spiro atoms. The highest BCUT2D eigenvalue weighted by Crippen LogP contribution is 2.36. The van der Waals surface area contributed by atoms with Crippen LogP contribution in [0.2, 0.25) is 15.3 Å². The lowest BCUT2D eigenvalue weighted by Gasteiger charge is -2.39. The Morgan fingerprint density at radius 1 is 0.359 bits per heavy atom. The summed E-state index contributed by atoms with van der Waals surface area (Å²) in [7, 11) is 4.41. The van der Waals surface area contributed by atoms with Crippen molar-refractivity contribution >= 4 is 116 Å². The third-order valence-corrected chi connectivity index (χ3v) is 16.4. The van der Waals surface area contributed by atoms with Crippen molar-refractivity contribution in [1.29, 1.82) is 0 Å². The lowest BCUT2D eigenvalue weighted by Crippen LogP contribution is -2.46.